The normalized spacial score (nSPS) is 8.71. The lowest BCUT2D eigenvalue weighted by Gasteiger charge is -1.73. The first-order valence-corrected chi connectivity index (χ1v) is 6.77. The van der Waals surface area contributed by atoms with E-state index in [1.807, 2.05) is 0 Å². The second kappa shape index (κ2) is 25.0. The Morgan fingerprint density at radius 3 is 0.882 bits per heavy atom. The fourth-order valence-corrected chi connectivity index (χ4v) is 0. The lowest BCUT2D eigenvalue weighted by molar-refractivity contribution is 0.306. The third kappa shape index (κ3) is 341. The molecule has 17 heavy (non-hydrogen) atoms. The van der Waals surface area contributed by atoms with Gasteiger partial charge >= 0.3 is 0 Å². The summed E-state index contributed by atoms with van der Waals surface area (Å²) in [5.74, 6) is 0. The summed E-state index contributed by atoms with van der Waals surface area (Å²) in [5, 5.41) is 23.2. The highest BCUT2D eigenvalue weighted by molar-refractivity contribution is 8.26. The Labute approximate surface area is 106 Å². The molecule has 0 aromatic carbocycles. The first-order chi connectivity index (χ1) is 7.74. The van der Waals surface area contributed by atoms with Gasteiger partial charge in [0.1, 0.15) is 0 Å². The van der Waals surface area contributed by atoms with Gasteiger partial charge in [0.2, 0.25) is 0 Å². The quantitative estimate of drug-likeness (QED) is 0.258. The average molecular weight is 297 g/mol. The molecule has 0 amide bonds. The monoisotopic (exact) mass is 297 g/mol. The van der Waals surface area contributed by atoms with Crippen molar-refractivity contribution >= 4 is 20.2 Å². The highest BCUT2D eigenvalue weighted by atomic mass is 32.9. The molecule has 0 aliphatic rings. The van der Waals surface area contributed by atoms with E-state index < -0.39 is 9.05 Å². The van der Waals surface area contributed by atoms with E-state index in [2.05, 4.69) is 11.2 Å². The van der Waals surface area contributed by atoms with E-state index in [-0.39, 0.29) is 19.8 Å². The maximum Gasteiger partial charge on any atom is 0.263 e. The van der Waals surface area contributed by atoms with E-state index in [1.54, 1.807) is 0 Å². The molecular formula is C6H23N3O6S2. The fraction of sp³-hybridized carbons (Fsp3) is 1.00. The zero-order valence-electron chi connectivity index (χ0n) is 9.44. The van der Waals surface area contributed by atoms with Crippen molar-refractivity contribution in [3.05, 3.63) is 0 Å². The second-order valence-electron chi connectivity index (χ2n) is 1.98. The predicted octanol–water partition coefficient (Wildman–Crippen LogP) is -3.51. The summed E-state index contributed by atoms with van der Waals surface area (Å²) in [6.07, 6.45) is 0. The fourth-order valence-electron chi connectivity index (χ4n) is 0. The van der Waals surface area contributed by atoms with Crippen molar-refractivity contribution in [1.29, 1.82) is 0 Å². The molecule has 0 aromatic heterocycles. The van der Waals surface area contributed by atoms with Crippen molar-refractivity contribution in [3.63, 3.8) is 0 Å². The second-order valence-corrected chi connectivity index (χ2v) is 4.18. The molecule has 0 spiro atoms. The lowest BCUT2D eigenvalue weighted by atomic mass is 10.8. The van der Waals surface area contributed by atoms with Gasteiger partial charge in [0.05, 0.1) is 19.8 Å². The Hall–Kier alpha value is 0.0500. The predicted molar refractivity (Wildman–Crippen MR) is 69.2 cm³/mol. The van der Waals surface area contributed by atoms with Gasteiger partial charge in [-0.15, -0.1) is 0 Å². The molecule has 0 atom stereocenters. The minimum Gasteiger partial charge on any atom is -0.395 e. The number of aliphatic hydroxyl groups is 3. The van der Waals surface area contributed by atoms with E-state index in [1.165, 1.54) is 0 Å². The van der Waals surface area contributed by atoms with E-state index in [0.717, 1.165) is 0 Å². The van der Waals surface area contributed by atoms with Crippen LogP contribution in [-0.2, 0) is 20.2 Å². The van der Waals surface area contributed by atoms with Gasteiger partial charge in [0, 0.05) is 30.8 Å². The number of hydrogen-bond donors (Lipinski definition) is 8. The molecule has 11 N–H and O–H groups in total. The van der Waals surface area contributed by atoms with Gasteiger partial charge < -0.3 is 32.5 Å². The summed E-state index contributed by atoms with van der Waals surface area (Å²) in [6.45, 7) is 1.42. The smallest absolute Gasteiger partial charge is 0.263 e. The highest BCUT2D eigenvalue weighted by Crippen LogP contribution is 1.62. The minimum atomic E-state index is -3.83. The van der Waals surface area contributed by atoms with E-state index in [9.17, 15) is 0 Å². The van der Waals surface area contributed by atoms with Crippen LogP contribution in [0.3, 0.4) is 0 Å². The van der Waals surface area contributed by atoms with Crippen LogP contribution in [0.25, 0.3) is 0 Å². The van der Waals surface area contributed by atoms with Gasteiger partial charge in [0.25, 0.3) is 9.05 Å². The molecule has 11 heteroatoms. The van der Waals surface area contributed by atoms with Crippen LogP contribution in [0.5, 0.6) is 0 Å². The summed E-state index contributed by atoms with van der Waals surface area (Å²) in [5.41, 5.74) is 14.3. The van der Waals surface area contributed by atoms with Gasteiger partial charge in [-0.05, 0) is 0 Å². The van der Waals surface area contributed by atoms with Crippen LogP contribution in [0.2, 0.25) is 0 Å². The van der Waals surface area contributed by atoms with Crippen LogP contribution in [-0.4, -0.2) is 68.1 Å². The Morgan fingerprint density at radius 1 is 0.824 bits per heavy atom. The molecule has 0 heterocycles. The number of rotatable bonds is 3. The summed E-state index contributed by atoms with van der Waals surface area (Å²) in [4.78, 5) is 0. The molecule has 0 radical (unpaired) electrons. The van der Waals surface area contributed by atoms with Crippen molar-refractivity contribution in [2.75, 3.05) is 39.5 Å². The number of hydrogen-bond acceptors (Lipinski definition) is 8. The van der Waals surface area contributed by atoms with Crippen molar-refractivity contribution in [3.8, 4) is 0 Å². The van der Waals surface area contributed by atoms with Gasteiger partial charge in [0.15, 0.2) is 0 Å². The van der Waals surface area contributed by atoms with E-state index >= 15 is 0 Å². The maximum absolute atomic E-state index is 9.11. The molecule has 0 aromatic rings. The van der Waals surface area contributed by atoms with Gasteiger partial charge in [-0.3, -0.25) is 9.11 Å². The first-order valence-electron chi connectivity index (χ1n) is 4.37. The Balaban J connectivity index is -0.0000000667. The Bertz CT molecular complexity index is 167. The summed E-state index contributed by atoms with van der Waals surface area (Å²) < 4.78 is 24.0. The van der Waals surface area contributed by atoms with E-state index in [0.29, 0.717) is 19.6 Å². The molecule has 110 valence electrons. The third-order valence-corrected chi connectivity index (χ3v) is 0.387. The van der Waals surface area contributed by atoms with Crippen molar-refractivity contribution in [2.45, 2.75) is 0 Å². The van der Waals surface area contributed by atoms with Crippen LogP contribution in [0.1, 0.15) is 0 Å². The molecule has 0 aliphatic carbocycles. The summed E-state index contributed by atoms with van der Waals surface area (Å²) in [6, 6.07) is 0. The Kier molecular flexibility index (Phi) is 38.0. The molecule has 0 saturated carbocycles. The average Bonchev–Trinajstić information content (AvgIpc) is 2.27. The van der Waals surface area contributed by atoms with Crippen LogP contribution in [0.4, 0.5) is 0 Å². The third-order valence-electron chi connectivity index (χ3n) is 0.387. The molecule has 0 unspecified atom stereocenters. The SMILES string of the molecule is NCCO.NCCO.NCCO.O=S(O)(O)=S. The van der Waals surface area contributed by atoms with Crippen molar-refractivity contribution in [2.24, 2.45) is 17.2 Å². The first kappa shape index (κ1) is 25.8. The van der Waals surface area contributed by atoms with Crippen LogP contribution in [0, 0.1) is 0 Å². The van der Waals surface area contributed by atoms with Crippen molar-refractivity contribution in [1.82, 2.24) is 0 Å². The molecule has 0 fully saturated rings. The van der Waals surface area contributed by atoms with Gasteiger partial charge in [-0.25, -0.2) is 0 Å². The number of nitrogens with two attached hydrogens (primary N) is 3. The molecule has 0 bridgehead atoms. The van der Waals surface area contributed by atoms with E-state index in [4.69, 9.17) is 45.8 Å². The Morgan fingerprint density at radius 2 is 0.882 bits per heavy atom. The van der Waals surface area contributed by atoms with Crippen LogP contribution in [0.15, 0.2) is 0 Å². The molecule has 9 nitrogen and oxygen atoms in total. The molecule has 0 aliphatic heterocycles. The largest absolute Gasteiger partial charge is 0.395 e. The van der Waals surface area contributed by atoms with Crippen LogP contribution < -0.4 is 17.2 Å². The lowest BCUT2D eigenvalue weighted by Crippen LogP contribution is -2.02. The van der Waals surface area contributed by atoms with Crippen LogP contribution >= 0.6 is 0 Å². The van der Waals surface area contributed by atoms with Gasteiger partial charge in [-0.2, -0.15) is 4.21 Å². The number of aliphatic hydroxyl groups excluding tert-OH is 3. The minimum absolute atomic E-state index is 0.0972. The van der Waals surface area contributed by atoms with Gasteiger partial charge in [-0.1, -0.05) is 0 Å². The molecular weight excluding hydrogens is 274 g/mol. The zero-order chi connectivity index (χ0) is 14.7. The maximum atomic E-state index is 9.11. The highest BCUT2D eigenvalue weighted by Gasteiger charge is 1.78. The van der Waals surface area contributed by atoms with Crippen molar-refractivity contribution < 1.29 is 28.6 Å². The molecule has 0 saturated heterocycles. The standard InChI is InChI=1S/3C2H7NO.H2O3S2/c3*3-1-2-4;1-5(2,3)4/h3*4H,1-3H2;(H2,1,2,3,4). The summed E-state index contributed by atoms with van der Waals surface area (Å²) in [7, 11) is -3.83. The molecule has 0 rings (SSSR count). The topological polar surface area (TPSA) is 196 Å². The zero-order valence-corrected chi connectivity index (χ0v) is 11.1. The summed E-state index contributed by atoms with van der Waals surface area (Å²) >= 11 is 3.47.